The molecule has 11 heteroatoms. The predicted molar refractivity (Wildman–Crippen MR) is 88.2 cm³/mol. The molecule has 2 aromatic rings. The number of aromatic nitrogens is 1. The van der Waals surface area contributed by atoms with E-state index < -0.39 is 40.9 Å². The molecule has 0 aliphatic carbocycles. The number of pyridine rings is 1. The van der Waals surface area contributed by atoms with Crippen LogP contribution >= 0.6 is 0 Å². The largest absolute Gasteiger partial charge is 0.436 e. The molecule has 1 aromatic heterocycles. The molecule has 0 fully saturated rings. The first-order valence-electron chi connectivity index (χ1n) is 7.97. The number of carbonyl (C=O) groups excluding carboxylic acids is 1. The Morgan fingerprint density at radius 2 is 1.59 bits per heavy atom. The number of nitrogens with zero attached hydrogens (tertiary/aromatic N) is 2. The van der Waals surface area contributed by atoms with Gasteiger partial charge in [-0.05, 0) is 30.3 Å². The second-order valence-electron chi connectivity index (χ2n) is 6.37. The van der Waals surface area contributed by atoms with Crippen LogP contribution in [-0.2, 0) is 5.92 Å². The Morgan fingerprint density at radius 3 is 2.03 bits per heavy atom. The SMILES string of the molecule is CN(C)C(=O)c1cnc(Oc2ccc(C(F)(F)C(F)(F)C(C)(F)F)cc2)c(F)c1. The van der Waals surface area contributed by atoms with Crippen molar-refractivity contribution in [1.29, 1.82) is 0 Å². The lowest BCUT2D eigenvalue weighted by molar-refractivity contribution is -0.308. The number of halogens is 7. The molecule has 0 aliphatic rings. The summed E-state index contributed by atoms with van der Waals surface area (Å²) in [5, 5.41) is 0. The fourth-order valence-corrected chi connectivity index (χ4v) is 2.18. The maximum atomic E-state index is 14.1. The van der Waals surface area contributed by atoms with Crippen molar-refractivity contribution in [3.05, 3.63) is 53.5 Å². The van der Waals surface area contributed by atoms with E-state index in [4.69, 9.17) is 4.74 Å². The van der Waals surface area contributed by atoms with Crippen LogP contribution in [0.3, 0.4) is 0 Å². The molecule has 0 N–H and O–H groups in total. The van der Waals surface area contributed by atoms with Gasteiger partial charge in [0.1, 0.15) is 5.75 Å². The monoisotopic (exact) mass is 424 g/mol. The van der Waals surface area contributed by atoms with E-state index in [1.54, 1.807) is 0 Å². The molecule has 0 unspecified atom stereocenters. The second kappa shape index (κ2) is 7.53. The minimum absolute atomic E-state index is 0.0717. The molecule has 0 atom stereocenters. The summed E-state index contributed by atoms with van der Waals surface area (Å²) in [6.45, 7) is -0.308. The Hall–Kier alpha value is -2.85. The Morgan fingerprint density at radius 1 is 1.03 bits per heavy atom. The minimum Gasteiger partial charge on any atom is -0.436 e. The van der Waals surface area contributed by atoms with Gasteiger partial charge in [0.15, 0.2) is 5.82 Å². The zero-order valence-corrected chi connectivity index (χ0v) is 15.3. The van der Waals surface area contributed by atoms with Crippen molar-refractivity contribution < 1.29 is 40.3 Å². The maximum Gasteiger partial charge on any atom is 0.375 e. The minimum atomic E-state index is -5.63. The summed E-state index contributed by atoms with van der Waals surface area (Å²) in [5.74, 6) is -18.2. The summed E-state index contributed by atoms with van der Waals surface area (Å²) in [7, 11) is 2.89. The van der Waals surface area contributed by atoms with Gasteiger partial charge in [-0.25, -0.2) is 9.37 Å². The number of carbonyl (C=O) groups is 1. The molecule has 0 saturated carbocycles. The summed E-state index contributed by atoms with van der Waals surface area (Å²) in [4.78, 5) is 16.5. The second-order valence-corrected chi connectivity index (χ2v) is 6.37. The molecule has 0 aliphatic heterocycles. The first kappa shape index (κ1) is 22.4. The van der Waals surface area contributed by atoms with Gasteiger partial charge in [-0.2, -0.15) is 26.3 Å². The number of hydrogen-bond donors (Lipinski definition) is 0. The van der Waals surface area contributed by atoms with Gasteiger partial charge in [-0.1, -0.05) is 0 Å². The molecule has 4 nitrogen and oxygen atoms in total. The van der Waals surface area contributed by atoms with Crippen LogP contribution in [0.1, 0.15) is 22.8 Å². The van der Waals surface area contributed by atoms with Crippen molar-refractivity contribution in [3.8, 4) is 11.6 Å². The van der Waals surface area contributed by atoms with Crippen LogP contribution in [0.2, 0.25) is 0 Å². The van der Waals surface area contributed by atoms with Crippen molar-refractivity contribution in [2.24, 2.45) is 0 Å². The number of hydrogen-bond acceptors (Lipinski definition) is 3. The average molecular weight is 424 g/mol. The lowest BCUT2D eigenvalue weighted by atomic mass is 9.98. The molecular weight excluding hydrogens is 409 g/mol. The van der Waals surface area contributed by atoms with Gasteiger partial charge in [0, 0.05) is 32.8 Å². The van der Waals surface area contributed by atoms with Gasteiger partial charge in [-0.15, -0.1) is 0 Å². The molecule has 2 rings (SSSR count). The summed E-state index contributed by atoms with van der Waals surface area (Å²) in [6.07, 6.45) is 1.02. The highest BCUT2D eigenvalue weighted by Crippen LogP contribution is 2.51. The maximum absolute atomic E-state index is 14.1. The first-order chi connectivity index (χ1) is 13.2. The Kier molecular flexibility index (Phi) is 5.82. The molecule has 0 spiro atoms. The molecule has 0 radical (unpaired) electrons. The van der Waals surface area contributed by atoms with E-state index in [1.165, 1.54) is 19.0 Å². The molecule has 0 bridgehead atoms. The number of rotatable bonds is 6. The topological polar surface area (TPSA) is 42.4 Å². The van der Waals surface area contributed by atoms with Crippen LogP contribution < -0.4 is 4.74 Å². The molecule has 0 saturated heterocycles. The van der Waals surface area contributed by atoms with Crippen molar-refractivity contribution in [2.75, 3.05) is 14.1 Å². The van der Waals surface area contributed by atoms with E-state index in [0.717, 1.165) is 24.4 Å². The van der Waals surface area contributed by atoms with Gasteiger partial charge < -0.3 is 9.64 Å². The predicted octanol–water partition coefficient (Wildman–Crippen LogP) is 5.10. The van der Waals surface area contributed by atoms with Crippen LogP contribution in [0, 0.1) is 5.82 Å². The molecule has 29 heavy (non-hydrogen) atoms. The van der Waals surface area contributed by atoms with Crippen molar-refractivity contribution in [3.63, 3.8) is 0 Å². The lowest BCUT2D eigenvalue weighted by Gasteiger charge is -2.31. The van der Waals surface area contributed by atoms with Gasteiger partial charge in [0.2, 0.25) is 0 Å². The van der Waals surface area contributed by atoms with E-state index >= 15 is 0 Å². The summed E-state index contributed by atoms with van der Waals surface area (Å²) in [6, 6.07) is 3.30. The highest BCUT2D eigenvalue weighted by atomic mass is 19.3. The van der Waals surface area contributed by atoms with E-state index in [1.807, 2.05) is 0 Å². The van der Waals surface area contributed by atoms with Crippen LogP contribution in [0.15, 0.2) is 36.5 Å². The highest BCUT2D eigenvalue weighted by molar-refractivity contribution is 5.93. The third kappa shape index (κ3) is 4.28. The summed E-state index contributed by atoms with van der Waals surface area (Å²) >= 11 is 0. The van der Waals surface area contributed by atoms with Crippen LogP contribution in [0.4, 0.5) is 30.7 Å². The fraction of sp³-hybridized carbons (Fsp3) is 0.333. The third-order valence-corrected chi connectivity index (χ3v) is 3.84. The van der Waals surface area contributed by atoms with Gasteiger partial charge in [0.25, 0.3) is 11.8 Å². The van der Waals surface area contributed by atoms with Crippen LogP contribution in [-0.4, -0.2) is 41.7 Å². The van der Waals surface area contributed by atoms with E-state index in [-0.39, 0.29) is 18.2 Å². The normalized spacial score (nSPS) is 12.6. The Labute approximate surface area is 160 Å². The zero-order chi connectivity index (χ0) is 22.2. The van der Waals surface area contributed by atoms with Gasteiger partial charge in [-0.3, -0.25) is 4.79 Å². The number of amides is 1. The van der Waals surface area contributed by atoms with E-state index in [0.29, 0.717) is 12.1 Å². The molecule has 1 heterocycles. The number of ether oxygens (including phenoxy) is 1. The Bertz CT molecular complexity index is 894. The lowest BCUT2D eigenvalue weighted by Crippen LogP contribution is -2.50. The third-order valence-electron chi connectivity index (χ3n) is 3.84. The smallest absolute Gasteiger partial charge is 0.375 e. The van der Waals surface area contributed by atoms with Crippen LogP contribution in [0.5, 0.6) is 11.6 Å². The van der Waals surface area contributed by atoms with Gasteiger partial charge >= 0.3 is 17.8 Å². The van der Waals surface area contributed by atoms with Crippen molar-refractivity contribution >= 4 is 5.91 Å². The molecular formula is C18H15F7N2O2. The molecule has 1 aromatic carbocycles. The van der Waals surface area contributed by atoms with Crippen LogP contribution in [0.25, 0.3) is 0 Å². The summed E-state index contributed by atoms with van der Waals surface area (Å²) in [5.41, 5.74) is -1.45. The standard InChI is InChI=1S/C18H15F7N2O2/c1-16(20,21)18(24,25)17(22,23)11-4-6-12(7-5-11)29-14-13(19)8-10(9-26-14)15(28)27(2)3/h4-9H,1-3H3. The first-order valence-corrected chi connectivity index (χ1v) is 7.97. The fourth-order valence-electron chi connectivity index (χ4n) is 2.18. The zero-order valence-electron chi connectivity index (χ0n) is 15.3. The van der Waals surface area contributed by atoms with E-state index in [2.05, 4.69) is 4.98 Å². The number of benzene rings is 1. The molecule has 1 amide bonds. The average Bonchev–Trinajstić information content (AvgIpc) is 2.62. The molecule has 158 valence electrons. The highest BCUT2D eigenvalue weighted by Gasteiger charge is 2.69. The van der Waals surface area contributed by atoms with Gasteiger partial charge in [0.05, 0.1) is 5.56 Å². The van der Waals surface area contributed by atoms with E-state index in [9.17, 15) is 35.5 Å². The summed E-state index contributed by atoms with van der Waals surface area (Å²) < 4.78 is 99.5. The quantitative estimate of drug-likeness (QED) is 0.607. The Balaban J connectivity index is 2.25. The number of alkyl halides is 6. The van der Waals surface area contributed by atoms with Crippen molar-refractivity contribution in [2.45, 2.75) is 24.7 Å². The van der Waals surface area contributed by atoms with Crippen molar-refractivity contribution in [1.82, 2.24) is 9.88 Å².